The molecular formula is C28H25IN2O6S. The summed E-state index contributed by atoms with van der Waals surface area (Å²) in [6.07, 6.45) is 1.61. The third-order valence-corrected chi connectivity index (χ3v) is 7.31. The minimum absolute atomic E-state index is 0.221. The Balaban J connectivity index is 1.44. The number of aryl methyl sites for hydroxylation is 1. The lowest BCUT2D eigenvalue weighted by Crippen LogP contribution is -2.36. The maximum atomic E-state index is 12.9. The van der Waals surface area contributed by atoms with Crippen LogP contribution in [-0.2, 0) is 16.2 Å². The second-order valence-corrected chi connectivity index (χ2v) is 10.5. The summed E-state index contributed by atoms with van der Waals surface area (Å²) >= 11 is 2.94. The Morgan fingerprint density at radius 3 is 2.39 bits per heavy atom. The fourth-order valence-electron chi connectivity index (χ4n) is 3.61. The van der Waals surface area contributed by atoms with E-state index in [-0.39, 0.29) is 11.4 Å². The summed E-state index contributed by atoms with van der Waals surface area (Å²) in [4.78, 5) is 39.1. The van der Waals surface area contributed by atoms with Crippen LogP contribution in [-0.4, -0.2) is 42.7 Å². The number of carbonyl (C=O) groups excluding carboxylic acids is 3. The van der Waals surface area contributed by atoms with Crippen molar-refractivity contribution in [2.24, 2.45) is 0 Å². The lowest BCUT2D eigenvalue weighted by molar-refractivity contribution is -0.127. The summed E-state index contributed by atoms with van der Waals surface area (Å²) < 4.78 is 17.5. The van der Waals surface area contributed by atoms with Crippen LogP contribution >= 0.6 is 34.4 Å². The van der Waals surface area contributed by atoms with Crippen LogP contribution in [0.5, 0.6) is 17.2 Å². The van der Waals surface area contributed by atoms with Gasteiger partial charge in [0.25, 0.3) is 11.1 Å². The number of benzene rings is 3. The number of carbonyl (C=O) groups is 3. The third kappa shape index (κ3) is 6.67. The second kappa shape index (κ2) is 12.4. The molecule has 196 valence electrons. The van der Waals surface area contributed by atoms with Crippen LogP contribution in [0, 0.1) is 10.5 Å². The van der Waals surface area contributed by atoms with Crippen molar-refractivity contribution < 1.29 is 28.6 Å². The van der Waals surface area contributed by atoms with Gasteiger partial charge in [0.05, 0.1) is 22.7 Å². The molecule has 1 fully saturated rings. The number of methoxy groups -OCH3 is 2. The highest BCUT2D eigenvalue weighted by molar-refractivity contribution is 14.1. The average Bonchev–Trinajstić information content (AvgIpc) is 3.16. The normalized spacial score (nSPS) is 14.1. The van der Waals surface area contributed by atoms with E-state index in [1.165, 1.54) is 5.56 Å². The number of imide groups is 1. The second-order valence-electron chi connectivity index (χ2n) is 8.35. The molecule has 3 aromatic rings. The SMILES string of the molecule is COc1ccc(NC(=O)CN2C(=O)S/C(=C\c3cc(I)c(OCc4ccc(C)cc4)c(OC)c3)C2=O)cc1. The summed E-state index contributed by atoms with van der Waals surface area (Å²) in [5.41, 5.74) is 3.40. The lowest BCUT2D eigenvalue weighted by Gasteiger charge is -2.14. The molecule has 0 unspecified atom stereocenters. The summed E-state index contributed by atoms with van der Waals surface area (Å²) in [7, 11) is 3.09. The van der Waals surface area contributed by atoms with Crippen molar-refractivity contribution in [3.05, 3.63) is 85.8 Å². The van der Waals surface area contributed by atoms with Crippen LogP contribution in [0.1, 0.15) is 16.7 Å². The van der Waals surface area contributed by atoms with E-state index in [4.69, 9.17) is 14.2 Å². The highest BCUT2D eigenvalue weighted by Gasteiger charge is 2.36. The molecule has 8 nitrogen and oxygen atoms in total. The molecule has 1 N–H and O–H groups in total. The predicted molar refractivity (Wildman–Crippen MR) is 156 cm³/mol. The maximum Gasteiger partial charge on any atom is 0.294 e. The number of amides is 3. The zero-order chi connectivity index (χ0) is 27.2. The number of thioether (sulfide) groups is 1. The molecule has 1 aliphatic heterocycles. The number of nitrogens with zero attached hydrogens (tertiary/aromatic N) is 1. The van der Waals surface area contributed by atoms with Gasteiger partial charge in [-0.05, 0) is 94.9 Å². The molecular weight excluding hydrogens is 619 g/mol. The number of hydrogen-bond acceptors (Lipinski definition) is 7. The lowest BCUT2D eigenvalue weighted by atomic mass is 10.1. The van der Waals surface area contributed by atoms with Gasteiger partial charge in [0, 0.05) is 5.69 Å². The molecule has 1 aliphatic rings. The molecule has 1 saturated heterocycles. The standard InChI is InChI=1S/C28H25IN2O6S/c1-17-4-6-18(7-5-17)16-37-26-22(29)12-19(13-23(26)36-3)14-24-27(33)31(28(34)38-24)15-25(32)30-20-8-10-21(35-2)11-9-20/h4-14H,15-16H2,1-3H3,(H,30,32)/b24-14-. The first kappa shape index (κ1) is 27.5. The van der Waals surface area contributed by atoms with Gasteiger partial charge in [-0.25, -0.2) is 0 Å². The van der Waals surface area contributed by atoms with Gasteiger partial charge in [-0.15, -0.1) is 0 Å². The smallest absolute Gasteiger partial charge is 0.294 e. The van der Waals surface area contributed by atoms with Crippen molar-refractivity contribution >= 4 is 63.2 Å². The van der Waals surface area contributed by atoms with Crippen LogP contribution in [0.25, 0.3) is 6.08 Å². The fourth-order valence-corrected chi connectivity index (χ4v) is 5.23. The van der Waals surface area contributed by atoms with E-state index < -0.39 is 17.1 Å². The number of anilines is 1. The van der Waals surface area contributed by atoms with Gasteiger partial charge in [-0.1, -0.05) is 29.8 Å². The number of nitrogens with one attached hydrogen (secondary N) is 1. The molecule has 0 atom stereocenters. The van der Waals surface area contributed by atoms with Crippen LogP contribution in [0.3, 0.4) is 0 Å². The molecule has 3 aromatic carbocycles. The highest BCUT2D eigenvalue weighted by Crippen LogP contribution is 2.37. The Labute approximate surface area is 238 Å². The van der Waals surface area contributed by atoms with Crippen molar-refractivity contribution in [1.29, 1.82) is 0 Å². The summed E-state index contributed by atoms with van der Waals surface area (Å²) in [6, 6.07) is 18.4. The largest absolute Gasteiger partial charge is 0.497 e. The summed E-state index contributed by atoms with van der Waals surface area (Å²) in [6.45, 7) is 2.02. The summed E-state index contributed by atoms with van der Waals surface area (Å²) in [5, 5.41) is 2.17. The molecule has 0 bridgehead atoms. The van der Waals surface area contributed by atoms with E-state index >= 15 is 0 Å². The molecule has 1 heterocycles. The van der Waals surface area contributed by atoms with Crippen LogP contribution in [0.2, 0.25) is 0 Å². The van der Waals surface area contributed by atoms with Crippen molar-refractivity contribution in [2.45, 2.75) is 13.5 Å². The Morgan fingerprint density at radius 1 is 1.03 bits per heavy atom. The Bertz CT molecular complexity index is 1390. The van der Waals surface area contributed by atoms with Crippen molar-refractivity contribution in [3.8, 4) is 17.2 Å². The van der Waals surface area contributed by atoms with Gasteiger partial charge < -0.3 is 19.5 Å². The topological polar surface area (TPSA) is 94.2 Å². The molecule has 0 radical (unpaired) electrons. The average molecular weight is 644 g/mol. The number of hydrogen-bond donors (Lipinski definition) is 1. The van der Waals surface area contributed by atoms with Crippen molar-refractivity contribution in [1.82, 2.24) is 4.90 Å². The monoisotopic (exact) mass is 644 g/mol. The molecule has 38 heavy (non-hydrogen) atoms. The molecule has 4 rings (SSSR count). The minimum atomic E-state index is -0.529. The quantitative estimate of drug-likeness (QED) is 0.230. The zero-order valence-electron chi connectivity index (χ0n) is 20.9. The highest BCUT2D eigenvalue weighted by atomic mass is 127. The van der Waals surface area contributed by atoms with Gasteiger partial charge in [0.2, 0.25) is 5.91 Å². The van der Waals surface area contributed by atoms with E-state index in [9.17, 15) is 14.4 Å². The van der Waals surface area contributed by atoms with Gasteiger partial charge >= 0.3 is 0 Å². The first-order valence-corrected chi connectivity index (χ1v) is 13.4. The van der Waals surface area contributed by atoms with E-state index in [1.807, 2.05) is 37.3 Å². The van der Waals surface area contributed by atoms with Gasteiger partial charge in [0.1, 0.15) is 18.9 Å². The number of rotatable bonds is 9. The zero-order valence-corrected chi connectivity index (χ0v) is 23.9. The molecule has 0 spiro atoms. The van der Waals surface area contributed by atoms with Crippen LogP contribution in [0.15, 0.2) is 65.6 Å². The Morgan fingerprint density at radius 2 is 1.74 bits per heavy atom. The fraction of sp³-hybridized carbons (Fsp3) is 0.179. The first-order valence-electron chi connectivity index (χ1n) is 11.5. The Kier molecular flexibility index (Phi) is 8.95. The molecule has 0 aliphatic carbocycles. The first-order chi connectivity index (χ1) is 18.3. The maximum absolute atomic E-state index is 12.9. The third-order valence-electron chi connectivity index (χ3n) is 5.60. The number of ether oxygens (including phenoxy) is 3. The predicted octanol–water partition coefficient (Wildman–Crippen LogP) is 5.87. The molecule has 0 saturated carbocycles. The van der Waals surface area contributed by atoms with Gasteiger partial charge in [-0.2, -0.15) is 0 Å². The van der Waals surface area contributed by atoms with E-state index in [0.717, 1.165) is 25.8 Å². The molecule has 3 amide bonds. The van der Waals surface area contributed by atoms with E-state index in [0.29, 0.717) is 35.1 Å². The van der Waals surface area contributed by atoms with Crippen LogP contribution < -0.4 is 19.5 Å². The minimum Gasteiger partial charge on any atom is -0.497 e. The van der Waals surface area contributed by atoms with Crippen LogP contribution in [0.4, 0.5) is 10.5 Å². The Hall–Kier alpha value is -3.51. The van der Waals surface area contributed by atoms with E-state index in [2.05, 4.69) is 27.9 Å². The number of halogens is 1. The summed E-state index contributed by atoms with van der Waals surface area (Å²) in [5.74, 6) is 0.738. The van der Waals surface area contributed by atoms with Gasteiger partial charge in [0.15, 0.2) is 11.5 Å². The molecule has 0 aromatic heterocycles. The van der Waals surface area contributed by atoms with Crippen molar-refractivity contribution in [3.63, 3.8) is 0 Å². The molecule has 10 heteroatoms. The van der Waals surface area contributed by atoms with E-state index in [1.54, 1.807) is 50.6 Å². The van der Waals surface area contributed by atoms with Crippen molar-refractivity contribution in [2.75, 3.05) is 26.1 Å². The van der Waals surface area contributed by atoms with Gasteiger partial charge in [-0.3, -0.25) is 19.3 Å².